The van der Waals surface area contributed by atoms with E-state index in [0.29, 0.717) is 30.5 Å². The molecule has 1 aromatic carbocycles. The standard InChI is InChI=1S/C18H19BrFN5O4/c1-24-15(23-17(27)12-3-2-11(19)6-14(12)20)13(8-22-24)16(26)21-7-10-4-5-25(9-10)18(28)29/h2-3,6,8,10H,4-5,7,9H2,1H3,(H,21,26)(H,23,27)(H,28,29)/t10-/m0/s1. The van der Waals surface area contributed by atoms with Gasteiger partial charge in [0.1, 0.15) is 17.2 Å². The van der Waals surface area contributed by atoms with Crippen LogP contribution in [-0.2, 0) is 7.05 Å². The van der Waals surface area contributed by atoms with E-state index in [1.165, 1.54) is 34.0 Å². The third-order valence-corrected chi connectivity index (χ3v) is 5.19. The van der Waals surface area contributed by atoms with Gasteiger partial charge in [-0.3, -0.25) is 14.3 Å². The maximum absolute atomic E-state index is 14.0. The van der Waals surface area contributed by atoms with Gasteiger partial charge in [-0.1, -0.05) is 15.9 Å². The van der Waals surface area contributed by atoms with Gasteiger partial charge in [0.2, 0.25) is 0 Å². The molecule has 1 aromatic heterocycles. The van der Waals surface area contributed by atoms with Gasteiger partial charge in [-0.05, 0) is 30.5 Å². The zero-order chi connectivity index (χ0) is 21.1. The Kier molecular flexibility index (Phi) is 6.16. The number of rotatable bonds is 5. The van der Waals surface area contributed by atoms with E-state index in [-0.39, 0.29) is 22.9 Å². The summed E-state index contributed by atoms with van der Waals surface area (Å²) in [5, 5.41) is 18.3. The fourth-order valence-electron chi connectivity index (χ4n) is 3.11. The molecule has 0 saturated carbocycles. The Bertz CT molecular complexity index is 964. The normalized spacial score (nSPS) is 16.0. The molecule has 9 nitrogen and oxygen atoms in total. The SMILES string of the molecule is Cn1ncc(C(=O)NC[C@@H]2CCN(C(=O)O)C2)c1NC(=O)c1ccc(Br)cc1F. The Morgan fingerprint density at radius 3 is 2.72 bits per heavy atom. The van der Waals surface area contributed by atoms with Gasteiger partial charge >= 0.3 is 6.09 Å². The van der Waals surface area contributed by atoms with Gasteiger partial charge in [0.25, 0.3) is 11.8 Å². The number of halogens is 2. The van der Waals surface area contributed by atoms with Crippen LogP contribution in [-0.4, -0.2) is 57.3 Å². The van der Waals surface area contributed by atoms with Crippen molar-refractivity contribution in [3.63, 3.8) is 0 Å². The zero-order valence-corrected chi connectivity index (χ0v) is 17.1. The molecule has 0 spiro atoms. The molecule has 1 saturated heterocycles. The monoisotopic (exact) mass is 467 g/mol. The second-order valence-corrected chi connectivity index (χ2v) is 7.62. The summed E-state index contributed by atoms with van der Waals surface area (Å²) < 4.78 is 15.8. The first kappa shape index (κ1) is 20.8. The Hall–Kier alpha value is -2.95. The molecule has 154 valence electrons. The van der Waals surface area contributed by atoms with Crippen LogP contribution in [0, 0.1) is 11.7 Å². The highest BCUT2D eigenvalue weighted by Crippen LogP contribution is 2.20. The molecule has 2 heterocycles. The number of carboxylic acid groups (broad SMARTS) is 1. The summed E-state index contributed by atoms with van der Waals surface area (Å²) in [4.78, 5) is 37.3. The summed E-state index contributed by atoms with van der Waals surface area (Å²) in [6.07, 6.45) is 0.990. The maximum Gasteiger partial charge on any atom is 0.407 e. The predicted octanol–water partition coefficient (Wildman–Crippen LogP) is 2.30. The van der Waals surface area contributed by atoms with Crippen molar-refractivity contribution in [2.24, 2.45) is 13.0 Å². The Morgan fingerprint density at radius 2 is 2.07 bits per heavy atom. The second kappa shape index (κ2) is 8.60. The predicted molar refractivity (Wildman–Crippen MR) is 105 cm³/mol. The highest BCUT2D eigenvalue weighted by Gasteiger charge is 2.27. The van der Waals surface area contributed by atoms with Crippen LogP contribution >= 0.6 is 15.9 Å². The van der Waals surface area contributed by atoms with Crippen LogP contribution < -0.4 is 10.6 Å². The Labute approximate surface area is 174 Å². The van der Waals surface area contributed by atoms with Crippen molar-refractivity contribution >= 4 is 39.7 Å². The number of hydrogen-bond acceptors (Lipinski definition) is 4. The van der Waals surface area contributed by atoms with E-state index in [2.05, 4.69) is 31.7 Å². The first-order valence-electron chi connectivity index (χ1n) is 8.80. The van der Waals surface area contributed by atoms with E-state index in [0.717, 1.165) is 0 Å². The van der Waals surface area contributed by atoms with Crippen LogP contribution in [0.3, 0.4) is 0 Å². The quantitative estimate of drug-likeness (QED) is 0.623. The van der Waals surface area contributed by atoms with E-state index >= 15 is 0 Å². The number of carbonyl (C=O) groups is 3. The van der Waals surface area contributed by atoms with Crippen molar-refractivity contribution in [2.45, 2.75) is 6.42 Å². The number of anilines is 1. The average molecular weight is 468 g/mol. The molecule has 0 radical (unpaired) electrons. The molecule has 3 rings (SSSR count). The molecular weight excluding hydrogens is 449 g/mol. The van der Waals surface area contributed by atoms with Crippen LogP contribution in [0.25, 0.3) is 0 Å². The van der Waals surface area contributed by atoms with Crippen molar-refractivity contribution in [3.05, 3.63) is 45.8 Å². The van der Waals surface area contributed by atoms with Gasteiger partial charge in [0.15, 0.2) is 0 Å². The smallest absolute Gasteiger partial charge is 0.407 e. The number of likely N-dealkylation sites (tertiary alicyclic amines) is 1. The summed E-state index contributed by atoms with van der Waals surface area (Å²) in [6.45, 7) is 1.09. The summed E-state index contributed by atoms with van der Waals surface area (Å²) in [5.41, 5.74) is -0.0352. The summed E-state index contributed by atoms with van der Waals surface area (Å²) in [7, 11) is 1.55. The van der Waals surface area contributed by atoms with Gasteiger partial charge in [0, 0.05) is 31.2 Å². The molecule has 0 bridgehead atoms. The summed E-state index contributed by atoms with van der Waals surface area (Å²) in [6, 6.07) is 4.05. The second-order valence-electron chi connectivity index (χ2n) is 6.70. The van der Waals surface area contributed by atoms with Gasteiger partial charge in [-0.25, -0.2) is 9.18 Å². The van der Waals surface area contributed by atoms with Gasteiger partial charge in [-0.15, -0.1) is 0 Å². The lowest BCUT2D eigenvalue weighted by atomic mass is 10.1. The zero-order valence-electron chi connectivity index (χ0n) is 15.5. The van der Waals surface area contributed by atoms with Crippen LogP contribution in [0.15, 0.2) is 28.9 Å². The molecular formula is C18H19BrFN5O4. The molecule has 1 fully saturated rings. The summed E-state index contributed by atoms with van der Waals surface area (Å²) in [5.74, 6) is -1.72. The van der Waals surface area contributed by atoms with Crippen molar-refractivity contribution in [2.75, 3.05) is 25.0 Å². The fraction of sp³-hybridized carbons (Fsp3) is 0.333. The lowest BCUT2D eigenvalue weighted by Gasteiger charge is -2.13. The molecule has 1 aliphatic heterocycles. The third kappa shape index (κ3) is 4.73. The van der Waals surface area contributed by atoms with E-state index in [9.17, 15) is 18.8 Å². The lowest BCUT2D eigenvalue weighted by Crippen LogP contribution is -2.32. The number of hydrogen-bond donors (Lipinski definition) is 3. The minimum Gasteiger partial charge on any atom is -0.465 e. The van der Waals surface area contributed by atoms with Gasteiger partial charge in [-0.2, -0.15) is 5.10 Å². The van der Waals surface area contributed by atoms with E-state index in [4.69, 9.17) is 5.11 Å². The molecule has 0 unspecified atom stereocenters. The molecule has 0 aliphatic carbocycles. The maximum atomic E-state index is 14.0. The first-order valence-corrected chi connectivity index (χ1v) is 9.60. The van der Waals surface area contributed by atoms with E-state index in [1.807, 2.05) is 0 Å². The van der Waals surface area contributed by atoms with Crippen LogP contribution in [0.4, 0.5) is 15.0 Å². The molecule has 29 heavy (non-hydrogen) atoms. The largest absolute Gasteiger partial charge is 0.465 e. The van der Waals surface area contributed by atoms with Crippen molar-refractivity contribution < 1.29 is 23.9 Å². The molecule has 1 atom stereocenters. The minimum atomic E-state index is -0.976. The number of carbonyl (C=O) groups excluding carboxylic acids is 2. The highest BCUT2D eigenvalue weighted by atomic mass is 79.9. The van der Waals surface area contributed by atoms with Crippen molar-refractivity contribution in [1.82, 2.24) is 20.0 Å². The molecule has 1 aliphatic rings. The number of aromatic nitrogens is 2. The topological polar surface area (TPSA) is 117 Å². The molecule has 3 N–H and O–H groups in total. The lowest BCUT2D eigenvalue weighted by molar-refractivity contribution is 0.0948. The number of nitrogens with zero attached hydrogens (tertiary/aromatic N) is 3. The van der Waals surface area contributed by atoms with Gasteiger partial charge < -0.3 is 20.6 Å². The number of aryl methyl sites for hydroxylation is 1. The van der Waals surface area contributed by atoms with Crippen molar-refractivity contribution in [1.29, 1.82) is 0 Å². The number of benzene rings is 1. The average Bonchev–Trinajstić information content (AvgIpc) is 3.27. The van der Waals surface area contributed by atoms with Crippen LogP contribution in [0.5, 0.6) is 0 Å². The minimum absolute atomic E-state index is 0.0154. The first-order chi connectivity index (χ1) is 13.8. The Morgan fingerprint density at radius 1 is 1.31 bits per heavy atom. The third-order valence-electron chi connectivity index (χ3n) is 4.70. The van der Waals surface area contributed by atoms with Gasteiger partial charge in [0.05, 0.1) is 11.8 Å². The number of nitrogens with one attached hydrogen (secondary N) is 2. The van der Waals surface area contributed by atoms with Crippen molar-refractivity contribution in [3.8, 4) is 0 Å². The fourth-order valence-corrected chi connectivity index (χ4v) is 3.44. The van der Waals surface area contributed by atoms with Crippen LogP contribution in [0.2, 0.25) is 0 Å². The molecule has 2 aromatic rings. The van der Waals surface area contributed by atoms with E-state index < -0.39 is 23.7 Å². The van der Waals surface area contributed by atoms with Crippen LogP contribution in [0.1, 0.15) is 27.1 Å². The van der Waals surface area contributed by atoms with E-state index in [1.54, 1.807) is 7.05 Å². The Balaban J connectivity index is 1.66. The number of amides is 3. The molecule has 11 heteroatoms. The molecule has 3 amide bonds. The highest BCUT2D eigenvalue weighted by molar-refractivity contribution is 9.10. The summed E-state index contributed by atoms with van der Waals surface area (Å²) >= 11 is 3.13.